The number of hydrogen-bond acceptors (Lipinski definition) is 3. The Hall–Kier alpha value is -1.05. The van der Waals surface area contributed by atoms with Gasteiger partial charge >= 0.3 is 6.09 Å². The summed E-state index contributed by atoms with van der Waals surface area (Å²) in [4.78, 5) is 17.2. The lowest BCUT2D eigenvalue weighted by molar-refractivity contribution is 0.182. The maximum atomic E-state index is 10.7. The zero-order valence-corrected chi connectivity index (χ0v) is 11.6. The van der Waals surface area contributed by atoms with Gasteiger partial charge in [0.15, 0.2) is 0 Å². The van der Waals surface area contributed by atoms with E-state index in [0.29, 0.717) is 6.54 Å². The van der Waals surface area contributed by atoms with Gasteiger partial charge in [-0.25, -0.2) is 9.78 Å². The van der Waals surface area contributed by atoms with Crippen LogP contribution in [0.3, 0.4) is 0 Å². The summed E-state index contributed by atoms with van der Waals surface area (Å²) in [5, 5.41) is 11.4. The number of aromatic nitrogens is 1. The molecule has 2 rings (SSSR count). The van der Waals surface area contributed by atoms with Gasteiger partial charge in [-0.15, -0.1) is 0 Å². The maximum Gasteiger partial charge on any atom is 0.405 e. The van der Waals surface area contributed by atoms with E-state index in [9.17, 15) is 4.79 Å². The number of rotatable bonds is 2. The summed E-state index contributed by atoms with van der Waals surface area (Å²) in [7, 11) is 0. The first-order valence-corrected chi connectivity index (χ1v) is 6.44. The van der Waals surface area contributed by atoms with Crippen molar-refractivity contribution in [1.29, 1.82) is 0 Å². The zero-order chi connectivity index (χ0) is 12.5. The molecule has 2 heterocycles. The molecule has 1 aromatic rings. The van der Waals surface area contributed by atoms with E-state index in [0.717, 1.165) is 22.4 Å². The van der Waals surface area contributed by atoms with Crippen molar-refractivity contribution in [3.05, 3.63) is 21.9 Å². The molecule has 1 atom stereocenters. The van der Waals surface area contributed by atoms with Crippen LogP contribution in [-0.2, 0) is 0 Å². The molecule has 1 fully saturated rings. The number of nitrogens with zero attached hydrogens (tertiary/aromatic N) is 2. The smallest absolute Gasteiger partial charge is 0.405 e. The van der Waals surface area contributed by atoms with Crippen LogP contribution in [0.4, 0.5) is 10.6 Å². The predicted octanol–water partition coefficient (Wildman–Crippen LogP) is 1.92. The van der Waals surface area contributed by atoms with Crippen LogP contribution in [-0.4, -0.2) is 34.8 Å². The molecule has 0 saturated carbocycles. The van der Waals surface area contributed by atoms with Gasteiger partial charge in [-0.1, -0.05) is 0 Å². The minimum absolute atomic E-state index is 0.378. The highest BCUT2D eigenvalue weighted by Gasteiger charge is 2.35. The maximum absolute atomic E-state index is 10.7. The van der Waals surface area contributed by atoms with Crippen molar-refractivity contribution in [1.82, 2.24) is 10.3 Å². The zero-order valence-electron chi connectivity index (χ0n) is 9.48. The topological polar surface area (TPSA) is 65.5 Å². The van der Waals surface area contributed by atoms with Gasteiger partial charge in [0, 0.05) is 22.9 Å². The average Bonchev–Trinajstić information content (AvgIpc) is 2.60. The van der Waals surface area contributed by atoms with Gasteiger partial charge in [0.25, 0.3) is 0 Å². The summed E-state index contributed by atoms with van der Waals surface area (Å²) in [6.07, 6.45) is 1.65. The van der Waals surface area contributed by atoms with Crippen LogP contribution < -0.4 is 10.2 Å². The van der Waals surface area contributed by atoms with Crippen LogP contribution in [0.5, 0.6) is 0 Å². The Labute approximate surface area is 113 Å². The standard InChI is InChI=1S/C11H14IN3O2/c1-11(14-10(16)17)4-5-15(7-11)9-3-2-8(12)6-13-9/h2-3,6,14H,4-5,7H2,1H3,(H,16,17). The molecule has 1 aromatic heterocycles. The molecule has 6 heteroatoms. The lowest BCUT2D eigenvalue weighted by atomic mass is 10.0. The average molecular weight is 347 g/mol. The van der Waals surface area contributed by atoms with Crippen molar-refractivity contribution in [2.75, 3.05) is 18.0 Å². The Kier molecular flexibility index (Phi) is 3.41. The lowest BCUT2D eigenvalue weighted by Crippen LogP contribution is -2.47. The van der Waals surface area contributed by atoms with Crippen LogP contribution in [0, 0.1) is 3.57 Å². The number of halogens is 1. The third-order valence-corrected chi connectivity index (χ3v) is 3.56. The van der Waals surface area contributed by atoms with Gasteiger partial charge in [-0.2, -0.15) is 0 Å². The normalized spacial score (nSPS) is 23.8. The molecule has 1 saturated heterocycles. The van der Waals surface area contributed by atoms with E-state index in [2.05, 4.69) is 37.8 Å². The molecule has 5 nitrogen and oxygen atoms in total. The van der Waals surface area contributed by atoms with Crippen LogP contribution >= 0.6 is 22.6 Å². The second-order valence-corrected chi connectivity index (χ2v) is 5.74. The minimum Gasteiger partial charge on any atom is -0.465 e. The molecule has 0 aromatic carbocycles. The molecular formula is C11H14IN3O2. The SMILES string of the molecule is CC1(NC(=O)O)CCN(c2ccc(I)cn2)C1. The highest BCUT2D eigenvalue weighted by molar-refractivity contribution is 14.1. The van der Waals surface area contributed by atoms with Crippen LogP contribution in [0.2, 0.25) is 0 Å². The molecule has 1 aliphatic rings. The first-order valence-electron chi connectivity index (χ1n) is 5.36. The van der Waals surface area contributed by atoms with Crippen molar-refractivity contribution in [2.24, 2.45) is 0 Å². The van der Waals surface area contributed by atoms with Crippen molar-refractivity contribution in [3.8, 4) is 0 Å². The largest absolute Gasteiger partial charge is 0.465 e. The quantitative estimate of drug-likeness (QED) is 0.803. The van der Waals surface area contributed by atoms with E-state index >= 15 is 0 Å². The van der Waals surface area contributed by atoms with E-state index in [1.54, 1.807) is 0 Å². The van der Waals surface area contributed by atoms with Gasteiger partial charge in [-0.3, -0.25) is 0 Å². The molecule has 1 unspecified atom stereocenters. The van der Waals surface area contributed by atoms with Gasteiger partial charge in [0.2, 0.25) is 0 Å². The first kappa shape index (κ1) is 12.4. The number of hydrogen-bond donors (Lipinski definition) is 2. The van der Waals surface area contributed by atoms with Crippen LogP contribution in [0.1, 0.15) is 13.3 Å². The fourth-order valence-electron chi connectivity index (χ4n) is 2.07. The Balaban J connectivity index is 2.07. The minimum atomic E-state index is -0.968. The van der Waals surface area contributed by atoms with E-state index < -0.39 is 6.09 Å². The Morgan fingerprint density at radius 3 is 3.00 bits per heavy atom. The number of anilines is 1. The Bertz CT molecular complexity index is 423. The Morgan fingerprint density at radius 2 is 2.41 bits per heavy atom. The summed E-state index contributed by atoms with van der Waals surface area (Å²) < 4.78 is 1.09. The highest BCUT2D eigenvalue weighted by Crippen LogP contribution is 2.25. The third kappa shape index (κ3) is 2.99. The third-order valence-electron chi connectivity index (χ3n) is 2.92. The Morgan fingerprint density at radius 1 is 1.65 bits per heavy atom. The van der Waals surface area contributed by atoms with Gasteiger partial charge in [0.1, 0.15) is 5.82 Å². The molecule has 17 heavy (non-hydrogen) atoms. The summed E-state index contributed by atoms with van der Waals surface area (Å²) in [5.74, 6) is 0.904. The van der Waals surface area contributed by atoms with Crippen molar-refractivity contribution in [2.45, 2.75) is 18.9 Å². The van der Waals surface area contributed by atoms with Crippen LogP contribution in [0.15, 0.2) is 18.3 Å². The highest BCUT2D eigenvalue weighted by atomic mass is 127. The summed E-state index contributed by atoms with van der Waals surface area (Å²) in [6, 6.07) is 3.97. The number of nitrogens with one attached hydrogen (secondary N) is 1. The molecular weight excluding hydrogens is 333 g/mol. The molecule has 2 N–H and O–H groups in total. The number of carboxylic acid groups (broad SMARTS) is 1. The molecule has 0 bridgehead atoms. The molecule has 0 radical (unpaired) electrons. The lowest BCUT2D eigenvalue weighted by Gasteiger charge is -2.24. The molecule has 0 aliphatic carbocycles. The molecule has 1 amide bonds. The predicted molar refractivity (Wildman–Crippen MR) is 73.3 cm³/mol. The summed E-state index contributed by atoms with van der Waals surface area (Å²) in [5.41, 5.74) is -0.378. The molecule has 92 valence electrons. The monoisotopic (exact) mass is 347 g/mol. The van der Waals surface area contributed by atoms with Crippen molar-refractivity contribution >= 4 is 34.5 Å². The fraction of sp³-hybridized carbons (Fsp3) is 0.455. The number of pyridine rings is 1. The fourth-order valence-corrected chi connectivity index (χ4v) is 2.39. The van der Waals surface area contributed by atoms with E-state index in [-0.39, 0.29) is 5.54 Å². The summed E-state index contributed by atoms with van der Waals surface area (Å²) >= 11 is 2.21. The van der Waals surface area contributed by atoms with Gasteiger partial charge < -0.3 is 15.3 Å². The molecule has 0 spiro atoms. The molecule has 1 aliphatic heterocycles. The van der Waals surface area contributed by atoms with Gasteiger partial charge in [-0.05, 0) is 48.1 Å². The van der Waals surface area contributed by atoms with Crippen molar-refractivity contribution < 1.29 is 9.90 Å². The number of carbonyl (C=O) groups is 1. The van der Waals surface area contributed by atoms with E-state index in [1.807, 2.05) is 25.3 Å². The second kappa shape index (κ2) is 4.67. The van der Waals surface area contributed by atoms with Crippen LogP contribution in [0.25, 0.3) is 0 Å². The number of amides is 1. The van der Waals surface area contributed by atoms with Crippen molar-refractivity contribution in [3.63, 3.8) is 0 Å². The first-order chi connectivity index (χ1) is 7.98. The van der Waals surface area contributed by atoms with E-state index in [1.165, 1.54) is 0 Å². The van der Waals surface area contributed by atoms with Gasteiger partial charge in [0.05, 0.1) is 5.54 Å². The second-order valence-electron chi connectivity index (χ2n) is 4.50. The van der Waals surface area contributed by atoms with E-state index in [4.69, 9.17) is 5.11 Å². The summed E-state index contributed by atoms with van der Waals surface area (Å²) in [6.45, 7) is 3.41.